The first-order valence-corrected chi connectivity index (χ1v) is 4.79. The average Bonchev–Trinajstić information content (AvgIpc) is 2.52. The summed E-state index contributed by atoms with van der Waals surface area (Å²) in [7, 11) is 0. The topological polar surface area (TPSA) is 50.7 Å². The van der Waals surface area contributed by atoms with Crippen molar-refractivity contribution in [2.45, 2.75) is 25.7 Å². The molecule has 1 aliphatic carbocycles. The van der Waals surface area contributed by atoms with Gasteiger partial charge in [-0.05, 0) is 12.8 Å². The molecule has 1 N–H and O–H groups in total. The summed E-state index contributed by atoms with van der Waals surface area (Å²) in [6.45, 7) is 1.15. The predicted molar refractivity (Wildman–Crippen MR) is 48.4 cm³/mol. The van der Waals surface area contributed by atoms with Crippen molar-refractivity contribution in [2.24, 2.45) is 11.0 Å². The maximum atomic E-state index is 11.4. The lowest BCUT2D eigenvalue weighted by atomic mass is 10.1. The molecule has 1 saturated heterocycles. The zero-order valence-electron chi connectivity index (χ0n) is 7.58. The molecule has 4 heteroatoms. The van der Waals surface area contributed by atoms with Gasteiger partial charge in [0.05, 0.1) is 18.9 Å². The third-order valence-electron chi connectivity index (χ3n) is 2.59. The molecule has 1 amide bonds. The molecule has 2 rings (SSSR count). The van der Waals surface area contributed by atoms with Crippen molar-refractivity contribution in [3.63, 3.8) is 0 Å². The summed E-state index contributed by atoms with van der Waals surface area (Å²) in [4.78, 5) is 11.4. The first-order valence-electron chi connectivity index (χ1n) is 4.79. The van der Waals surface area contributed by atoms with Gasteiger partial charge in [0.15, 0.2) is 0 Å². The van der Waals surface area contributed by atoms with Gasteiger partial charge in [-0.3, -0.25) is 4.79 Å². The van der Waals surface area contributed by atoms with Crippen LogP contribution in [0.1, 0.15) is 25.7 Å². The Labute approximate surface area is 77.3 Å². The zero-order valence-corrected chi connectivity index (χ0v) is 7.58. The summed E-state index contributed by atoms with van der Waals surface area (Å²) in [6, 6.07) is 0. The van der Waals surface area contributed by atoms with Crippen LogP contribution in [0.2, 0.25) is 0 Å². The van der Waals surface area contributed by atoms with Crippen LogP contribution < -0.4 is 5.43 Å². The van der Waals surface area contributed by atoms with E-state index in [9.17, 15) is 4.79 Å². The number of ether oxygens (including phenoxy) is 1. The van der Waals surface area contributed by atoms with Crippen molar-refractivity contribution in [1.29, 1.82) is 0 Å². The van der Waals surface area contributed by atoms with Crippen LogP contribution in [-0.4, -0.2) is 24.8 Å². The summed E-state index contributed by atoms with van der Waals surface area (Å²) in [5, 5.41) is 3.97. The third-order valence-corrected chi connectivity index (χ3v) is 2.59. The van der Waals surface area contributed by atoms with Gasteiger partial charge < -0.3 is 4.74 Å². The van der Waals surface area contributed by atoms with E-state index in [1.165, 1.54) is 12.8 Å². The van der Waals surface area contributed by atoms with Gasteiger partial charge >= 0.3 is 0 Å². The molecular formula is C9H14N2O2. The Morgan fingerprint density at radius 1 is 1.38 bits per heavy atom. The maximum Gasteiger partial charge on any atom is 0.243 e. The van der Waals surface area contributed by atoms with E-state index in [1.807, 2.05) is 0 Å². The van der Waals surface area contributed by atoms with E-state index >= 15 is 0 Å². The van der Waals surface area contributed by atoms with Gasteiger partial charge in [-0.15, -0.1) is 0 Å². The molecule has 4 nitrogen and oxygen atoms in total. The lowest BCUT2D eigenvalue weighted by Crippen LogP contribution is -2.33. The quantitative estimate of drug-likeness (QED) is 0.638. The van der Waals surface area contributed by atoms with Gasteiger partial charge in [0, 0.05) is 5.92 Å². The zero-order chi connectivity index (χ0) is 9.10. The number of hydrogen-bond donors (Lipinski definition) is 1. The summed E-state index contributed by atoms with van der Waals surface area (Å²) >= 11 is 0. The minimum atomic E-state index is 0.0805. The Kier molecular flexibility index (Phi) is 2.59. The number of carbonyl (C=O) groups excluding carboxylic acids is 1. The highest BCUT2D eigenvalue weighted by Crippen LogP contribution is 2.24. The number of amides is 1. The number of carbonyl (C=O) groups is 1. The summed E-state index contributed by atoms with van der Waals surface area (Å²) < 4.78 is 4.91. The molecule has 0 atom stereocenters. The summed E-state index contributed by atoms with van der Waals surface area (Å²) in [5.41, 5.74) is 3.53. The van der Waals surface area contributed by atoms with Crippen LogP contribution in [0.4, 0.5) is 0 Å². The van der Waals surface area contributed by atoms with Gasteiger partial charge in [-0.1, -0.05) is 12.8 Å². The predicted octanol–water partition coefficient (Wildman–Crippen LogP) is 0.679. The highest BCUT2D eigenvalue weighted by atomic mass is 16.5. The standard InChI is InChI=1S/C9H14N2O2/c12-9(7-3-1-2-4-7)11-10-8-5-13-6-8/h7H,1-6H2,(H,11,12). The number of hydrogen-bond acceptors (Lipinski definition) is 3. The Bertz CT molecular complexity index is 226. The van der Waals surface area contributed by atoms with Crippen molar-refractivity contribution in [1.82, 2.24) is 5.43 Å². The van der Waals surface area contributed by atoms with Crippen molar-refractivity contribution in [2.75, 3.05) is 13.2 Å². The molecule has 0 aromatic carbocycles. The molecule has 0 radical (unpaired) electrons. The molecule has 0 unspecified atom stereocenters. The van der Waals surface area contributed by atoms with E-state index in [2.05, 4.69) is 10.5 Å². The fraction of sp³-hybridized carbons (Fsp3) is 0.778. The second kappa shape index (κ2) is 3.87. The van der Waals surface area contributed by atoms with Crippen molar-refractivity contribution in [3.05, 3.63) is 0 Å². The van der Waals surface area contributed by atoms with E-state index < -0.39 is 0 Å². The highest BCUT2D eigenvalue weighted by Gasteiger charge is 2.22. The minimum Gasteiger partial charge on any atom is -0.369 e. The van der Waals surface area contributed by atoms with E-state index in [-0.39, 0.29) is 11.8 Å². The average molecular weight is 182 g/mol. The fourth-order valence-electron chi connectivity index (χ4n) is 1.67. The molecule has 0 aromatic rings. The van der Waals surface area contributed by atoms with E-state index in [0.29, 0.717) is 13.2 Å². The van der Waals surface area contributed by atoms with Crippen LogP contribution in [0.5, 0.6) is 0 Å². The largest absolute Gasteiger partial charge is 0.369 e. The monoisotopic (exact) mass is 182 g/mol. The molecule has 0 aromatic heterocycles. The molecule has 2 fully saturated rings. The molecule has 13 heavy (non-hydrogen) atoms. The smallest absolute Gasteiger partial charge is 0.243 e. The van der Waals surface area contributed by atoms with Gasteiger partial charge in [0.1, 0.15) is 0 Å². The third kappa shape index (κ3) is 2.06. The van der Waals surface area contributed by atoms with Crippen LogP contribution >= 0.6 is 0 Å². The molecule has 1 aliphatic heterocycles. The highest BCUT2D eigenvalue weighted by molar-refractivity contribution is 5.91. The number of nitrogens with zero attached hydrogens (tertiary/aromatic N) is 1. The number of nitrogens with one attached hydrogen (secondary N) is 1. The van der Waals surface area contributed by atoms with Crippen LogP contribution in [0.15, 0.2) is 5.10 Å². The van der Waals surface area contributed by atoms with Crippen molar-refractivity contribution >= 4 is 11.6 Å². The lowest BCUT2D eigenvalue weighted by molar-refractivity contribution is -0.124. The van der Waals surface area contributed by atoms with Crippen LogP contribution in [0, 0.1) is 5.92 Å². The SMILES string of the molecule is O=C(NN=C1COC1)C1CCCC1. The number of rotatable bonds is 2. The Hall–Kier alpha value is -0.900. The van der Waals surface area contributed by atoms with Crippen LogP contribution in [-0.2, 0) is 9.53 Å². The Morgan fingerprint density at radius 3 is 2.62 bits per heavy atom. The molecule has 0 bridgehead atoms. The Morgan fingerprint density at radius 2 is 2.08 bits per heavy atom. The molecule has 1 saturated carbocycles. The molecule has 0 spiro atoms. The van der Waals surface area contributed by atoms with Gasteiger partial charge in [-0.25, -0.2) is 5.43 Å². The van der Waals surface area contributed by atoms with Crippen LogP contribution in [0.3, 0.4) is 0 Å². The van der Waals surface area contributed by atoms with E-state index in [1.54, 1.807) is 0 Å². The first kappa shape index (κ1) is 8.69. The van der Waals surface area contributed by atoms with Crippen molar-refractivity contribution < 1.29 is 9.53 Å². The first-order chi connectivity index (χ1) is 6.36. The van der Waals surface area contributed by atoms with E-state index in [0.717, 1.165) is 18.6 Å². The second-order valence-corrected chi connectivity index (χ2v) is 3.63. The molecular weight excluding hydrogens is 168 g/mol. The number of hydrazone groups is 1. The molecule has 1 heterocycles. The van der Waals surface area contributed by atoms with Gasteiger partial charge in [0.25, 0.3) is 0 Å². The van der Waals surface area contributed by atoms with E-state index in [4.69, 9.17) is 4.74 Å². The van der Waals surface area contributed by atoms with Gasteiger partial charge in [0.2, 0.25) is 5.91 Å². The molecule has 72 valence electrons. The van der Waals surface area contributed by atoms with Crippen LogP contribution in [0.25, 0.3) is 0 Å². The second-order valence-electron chi connectivity index (χ2n) is 3.63. The molecule has 2 aliphatic rings. The van der Waals surface area contributed by atoms with Gasteiger partial charge in [-0.2, -0.15) is 5.10 Å². The fourth-order valence-corrected chi connectivity index (χ4v) is 1.67. The summed E-state index contributed by atoms with van der Waals surface area (Å²) in [6.07, 6.45) is 4.40. The minimum absolute atomic E-state index is 0.0805. The summed E-state index contributed by atoms with van der Waals surface area (Å²) in [5.74, 6) is 0.280. The Balaban J connectivity index is 1.77. The normalized spacial score (nSPS) is 22.6. The maximum absolute atomic E-state index is 11.4. The lowest BCUT2D eigenvalue weighted by Gasteiger charge is -2.16. The van der Waals surface area contributed by atoms with Crippen molar-refractivity contribution in [3.8, 4) is 0 Å².